The normalized spacial score (nSPS) is 14.6. The molecule has 9 heteroatoms. The first-order valence-corrected chi connectivity index (χ1v) is 11.2. The van der Waals surface area contributed by atoms with Crippen LogP contribution in [0.25, 0.3) is 6.08 Å². The summed E-state index contributed by atoms with van der Waals surface area (Å²) >= 11 is 12.5. The van der Waals surface area contributed by atoms with E-state index < -0.39 is 0 Å². The molecular weight excluding hydrogens is 468 g/mol. The molecule has 6 nitrogen and oxygen atoms in total. The monoisotopic (exact) mass is 488 g/mol. The van der Waals surface area contributed by atoms with Crippen molar-refractivity contribution in [3.8, 4) is 11.5 Å². The van der Waals surface area contributed by atoms with Gasteiger partial charge in [-0.3, -0.25) is 14.5 Å². The van der Waals surface area contributed by atoms with E-state index in [1.165, 1.54) is 23.8 Å². The van der Waals surface area contributed by atoms with E-state index in [2.05, 4.69) is 11.9 Å². The summed E-state index contributed by atoms with van der Waals surface area (Å²) < 4.78 is 11.5. The fraction of sp³-hybridized carbons (Fsp3) is 0.174. The lowest BCUT2D eigenvalue weighted by Crippen LogP contribution is -2.27. The number of nitrogens with zero attached hydrogens (tertiary/aromatic N) is 1. The molecule has 0 unspecified atom stereocenters. The average Bonchev–Trinajstić information content (AvgIpc) is 3.03. The molecule has 1 fully saturated rings. The van der Waals surface area contributed by atoms with Gasteiger partial charge in [0.2, 0.25) is 0 Å². The predicted octanol–water partition coefficient (Wildman–Crippen LogP) is 5.06. The molecule has 0 spiro atoms. The van der Waals surface area contributed by atoms with Crippen molar-refractivity contribution in [3.05, 3.63) is 70.1 Å². The van der Waals surface area contributed by atoms with Gasteiger partial charge in [-0.15, -0.1) is 6.58 Å². The topological polar surface area (TPSA) is 67.9 Å². The van der Waals surface area contributed by atoms with Crippen LogP contribution >= 0.6 is 35.6 Å². The molecule has 2 amide bonds. The Labute approximate surface area is 201 Å². The fourth-order valence-electron chi connectivity index (χ4n) is 2.89. The van der Waals surface area contributed by atoms with E-state index in [4.69, 9.17) is 33.3 Å². The zero-order chi connectivity index (χ0) is 23.3. The van der Waals surface area contributed by atoms with Crippen molar-refractivity contribution in [2.75, 3.05) is 25.6 Å². The van der Waals surface area contributed by atoms with Crippen LogP contribution in [0.5, 0.6) is 11.5 Å². The Morgan fingerprint density at radius 3 is 2.78 bits per heavy atom. The first-order chi connectivity index (χ1) is 15.3. The van der Waals surface area contributed by atoms with Crippen molar-refractivity contribution < 1.29 is 19.1 Å². The third-order valence-corrected chi connectivity index (χ3v) is 6.12. The second kappa shape index (κ2) is 10.7. The highest BCUT2D eigenvalue weighted by Crippen LogP contribution is 2.34. The number of methoxy groups -OCH3 is 1. The van der Waals surface area contributed by atoms with Gasteiger partial charge in [0, 0.05) is 17.3 Å². The minimum absolute atomic E-state index is 0.160. The van der Waals surface area contributed by atoms with Crippen molar-refractivity contribution in [3.63, 3.8) is 0 Å². The summed E-state index contributed by atoms with van der Waals surface area (Å²) in [6.45, 7) is 5.69. The Balaban J connectivity index is 1.68. The second-order valence-electron chi connectivity index (χ2n) is 6.79. The maximum Gasteiger partial charge on any atom is 0.266 e. The Bertz CT molecular complexity index is 1120. The molecule has 0 aromatic heterocycles. The molecule has 0 atom stereocenters. The molecule has 2 aromatic rings. The summed E-state index contributed by atoms with van der Waals surface area (Å²) in [6, 6.07) is 10.5. The lowest BCUT2D eigenvalue weighted by atomic mass is 10.2. The third-order valence-electron chi connectivity index (χ3n) is 4.50. The molecule has 0 radical (unpaired) electrons. The number of rotatable bonds is 8. The third kappa shape index (κ3) is 5.70. The molecule has 0 saturated carbocycles. The van der Waals surface area contributed by atoms with Gasteiger partial charge in [0.25, 0.3) is 11.8 Å². The number of hydrogen-bond donors (Lipinski definition) is 1. The Hall–Kier alpha value is -2.81. The number of hydrogen-bond acceptors (Lipinski definition) is 6. The number of thioether (sulfide) groups is 1. The number of carbonyl (C=O) groups excluding carboxylic acids is 2. The molecule has 1 aliphatic heterocycles. The summed E-state index contributed by atoms with van der Waals surface area (Å²) in [6.07, 6.45) is 3.37. The van der Waals surface area contributed by atoms with Crippen LogP contribution in [0.2, 0.25) is 5.02 Å². The highest BCUT2D eigenvalue weighted by atomic mass is 35.5. The van der Waals surface area contributed by atoms with Gasteiger partial charge in [-0.05, 0) is 48.4 Å². The van der Waals surface area contributed by atoms with Gasteiger partial charge in [0.15, 0.2) is 18.1 Å². The van der Waals surface area contributed by atoms with E-state index in [0.29, 0.717) is 38.0 Å². The minimum Gasteiger partial charge on any atom is -0.493 e. The first-order valence-electron chi connectivity index (χ1n) is 9.55. The largest absolute Gasteiger partial charge is 0.493 e. The number of amides is 2. The lowest BCUT2D eigenvalue weighted by molar-refractivity contribution is -0.121. The average molecular weight is 489 g/mol. The maximum atomic E-state index is 12.5. The number of aryl methyl sites for hydroxylation is 1. The smallest absolute Gasteiger partial charge is 0.266 e. The number of thiocarbonyl (C=S) groups is 1. The van der Waals surface area contributed by atoms with Crippen molar-refractivity contribution >= 4 is 63.5 Å². The van der Waals surface area contributed by atoms with Gasteiger partial charge in [-0.2, -0.15) is 0 Å². The van der Waals surface area contributed by atoms with Gasteiger partial charge in [0.05, 0.1) is 12.0 Å². The van der Waals surface area contributed by atoms with Crippen LogP contribution in [-0.2, 0) is 9.59 Å². The molecule has 0 aliphatic carbocycles. The second-order valence-corrected chi connectivity index (χ2v) is 8.90. The van der Waals surface area contributed by atoms with Crippen molar-refractivity contribution in [2.45, 2.75) is 6.92 Å². The van der Waals surface area contributed by atoms with Crippen LogP contribution in [0, 0.1) is 6.92 Å². The molecule has 166 valence electrons. The highest BCUT2D eigenvalue weighted by molar-refractivity contribution is 8.26. The van der Waals surface area contributed by atoms with Crippen molar-refractivity contribution in [1.82, 2.24) is 4.90 Å². The van der Waals surface area contributed by atoms with Gasteiger partial charge in [-0.1, -0.05) is 53.8 Å². The Kier molecular flexibility index (Phi) is 7.95. The van der Waals surface area contributed by atoms with Crippen LogP contribution in [-0.4, -0.2) is 41.3 Å². The highest BCUT2D eigenvalue weighted by Gasteiger charge is 2.31. The fourth-order valence-corrected chi connectivity index (χ4v) is 4.34. The SMILES string of the molecule is C=CCN1C(=O)/C(=C/c2ccc(OCC(=O)Nc3cc(Cl)ccc3C)c(OC)c2)SC1=S. The Morgan fingerprint density at radius 1 is 1.28 bits per heavy atom. The summed E-state index contributed by atoms with van der Waals surface area (Å²) in [5, 5.41) is 3.31. The zero-order valence-electron chi connectivity index (χ0n) is 17.5. The van der Waals surface area contributed by atoms with Gasteiger partial charge in [-0.25, -0.2) is 0 Å². The van der Waals surface area contributed by atoms with Crippen molar-refractivity contribution in [2.24, 2.45) is 0 Å². The lowest BCUT2D eigenvalue weighted by Gasteiger charge is -2.13. The molecule has 0 bridgehead atoms. The van der Waals surface area contributed by atoms with Crippen LogP contribution in [0.15, 0.2) is 54.0 Å². The van der Waals surface area contributed by atoms with E-state index in [1.54, 1.807) is 42.5 Å². The molecule has 32 heavy (non-hydrogen) atoms. The summed E-state index contributed by atoms with van der Waals surface area (Å²) in [4.78, 5) is 26.8. The summed E-state index contributed by atoms with van der Waals surface area (Å²) in [5.74, 6) is 0.355. The van der Waals surface area contributed by atoms with Gasteiger partial charge >= 0.3 is 0 Å². The maximum absolute atomic E-state index is 12.5. The summed E-state index contributed by atoms with van der Waals surface area (Å²) in [7, 11) is 1.50. The Morgan fingerprint density at radius 2 is 2.06 bits per heavy atom. The standard InChI is InChI=1S/C23H21ClN2O4S2/c1-4-9-26-22(28)20(32-23(26)31)11-15-6-8-18(19(10-15)29-3)30-13-21(27)25-17-12-16(24)7-5-14(17)2/h4-8,10-12H,1,9,13H2,2-3H3,(H,25,27)/b20-11-. The van der Waals surface area contributed by atoms with Crippen LogP contribution in [0.1, 0.15) is 11.1 Å². The predicted molar refractivity (Wildman–Crippen MR) is 133 cm³/mol. The molecule has 2 aromatic carbocycles. The molecule has 3 rings (SSSR count). The quantitative estimate of drug-likeness (QED) is 0.318. The van der Waals surface area contributed by atoms with Crippen molar-refractivity contribution in [1.29, 1.82) is 0 Å². The van der Waals surface area contributed by atoms with Gasteiger partial charge < -0.3 is 14.8 Å². The van der Waals surface area contributed by atoms with Gasteiger partial charge in [0.1, 0.15) is 4.32 Å². The van der Waals surface area contributed by atoms with Crippen LogP contribution in [0.3, 0.4) is 0 Å². The van der Waals surface area contributed by atoms with E-state index in [1.807, 2.05) is 13.0 Å². The number of nitrogens with one attached hydrogen (secondary N) is 1. The number of benzene rings is 2. The number of carbonyl (C=O) groups is 2. The molecule has 1 N–H and O–H groups in total. The number of anilines is 1. The number of halogens is 1. The minimum atomic E-state index is -0.326. The number of ether oxygens (including phenoxy) is 2. The zero-order valence-corrected chi connectivity index (χ0v) is 19.9. The molecular formula is C23H21ClN2O4S2. The van der Waals surface area contributed by atoms with E-state index >= 15 is 0 Å². The van der Waals surface area contributed by atoms with Crippen LogP contribution < -0.4 is 14.8 Å². The van der Waals surface area contributed by atoms with E-state index in [-0.39, 0.29) is 18.4 Å². The molecule has 1 heterocycles. The van der Waals surface area contributed by atoms with Crippen LogP contribution in [0.4, 0.5) is 5.69 Å². The summed E-state index contributed by atoms with van der Waals surface area (Å²) in [5.41, 5.74) is 2.26. The van der Waals surface area contributed by atoms with E-state index in [0.717, 1.165) is 11.1 Å². The van der Waals surface area contributed by atoms with E-state index in [9.17, 15) is 9.59 Å². The first kappa shape index (κ1) is 23.8. The molecule has 1 aliphatic rings. The molecule has 1 saturated heterocycles.